The minimum atomic E-state index is -4.63. The predicted octanol–water partition coefficient (Wildman–Crippen LogP) is 5.14. The Hall–Kier alpha value is -2.28. The number of anilines is 2. The second kappa shape index (κ2) is 6.23. The van der Waals surface area contributed by atoms with Gasteiger partial charge in [-0.15, -0.1) is 0 Å². The van der Waals surface area contributed by atoms with Gasteiger partial charge in [0.15, 0.2) is 0 Å². The maximum atomic E-state index is 13.5. The van der Waals surface area contributed by atoms with Crippen LogP contribution in [0.1, 0.15) is 5.56 Å². The fraction of sp³-hybridized carbons (Fsp3) is 0.0714. The molecule has 8 heteroatoms. The second-order valence-corrected chi connectivity index (χ2v) is 4.63. The maximum absolute atomic E-state index is 13.5. The van der Waals surface area contributed by atoms with Crippen molar-refractivity contribution < 1.29 is 22.4 Å². The summed E-state index contributed by atoms with van der Waals surface area (Å²) in [4.78, 5) is 11.8. The molecule has 0 bridgehead atoms. The Kier molecular flexibility index (Phi) is 4.56. The Morgan fingerprint density at radius 3 is 2.32 bits per heavy atom. The molecule has 0 aliphatic rings. The summed E-state index contributed by atoms with van der Waals surface area (Å²) in [6.07, 6.45) is -4.63. The first-order chi connectivity index (χ1) is 10.3. The zero-order chi connectivity index (χ0) is 16.3. The van der Waals surface area contributed by atoms with E-state index in [9.17, 15) is 22.4 Å². The molecule has 2 aromatic rings. The topological polar surface area (TPSA) is 41.1 Å². The van der Waals surface area contributed by atoms with E-state index >= 15 is 0 Å². The first-order valence-corrected chi connectivity index (χ1v) is 6.35. The number of amides is 2. The average Bonchev–Trinajstić information content (AvgIpc) is 2.42. The van der Waals surface area contributed by atoms with Crippen LogP contribution in [-0.4, -0.2) is 6.03 Å². The summed E-state index contributed by atoms with van der Waals surface area (Å²) >= 11 is 5.72. The highest BCUT2D eigenvalue weighted by atomic mass is 35.5. The Labute approximate surface area is 127 Å². The highest BCUT2D eigenvalue weighted by Gasteiger charge is 2.33. The van der Waals surface area contributed by atoms with Gasteiger partial charge in [-0.05, 0) is 24.3 Å². The number of hydrogen-bond donors (Lipinski definition) is 2. The largest absolute Gasteiger partial charge is 0.418 e. The number of para-hydroxylation sites is 2. The molecule has 2 aromatic carbocycles. The van der Waals surface area contributed by atoms with E-state index in [-0.39, 0.29) is 10.7 Å². The third-order valence-corrected chi connectivity index (χ3v) is 3.00. The summed E-state index contributed by atoms with van der Waals surface area (Å²) in [5.74, 6) is -0.799. The van der Waals surface area contributed by atoms with Crippen LogP contribution in [-0.2, 0) is 6.18 Å². The third kappa shape index (κ3) is 3.67. The quantitative estimate of drug-likeness (QED) is 0.734. The summed E-state index contributed by atoms with van der Waals surface area (Å²) in [6, 6.07) is 7.13. The van der Waals surface area contributed by atoms with Gasteiger partial charge in [0, 0.05) is 0 Å². The Balaban J connectivity index is 2.20. The normalized spacial score (nSPS) is 11.1. The lowest BCUT2D eigenvalue weighted by molar-refractivity contribution is -0.136. The summed E-state index contributed by atoms with van der Waals surface area (Å²) < 4.78 is 51.9. The predicted molar refractivity (Wildman–Crippen MR) is 75.5 cm³/mol. The highest BCUT2D eigenvalue weighted by Crippen LogP contribution is 2.34. The maximum Gasteiger partial charge on any atom is 0.418 e. The van der Waals surface area contributed by atoms with E-state index in [1.165, 1.54) is 24.3 Å². The van der Waals surface area contributed by atoms with Gasteiger partial charge >= 0.3 is 12.2 Å². The molecule has 0 aliphatic carbocycles. The number of alkyl halides is 3. The van der Waals surface area contributed by atoms with Crippen LogP contribution in [0, 0.1) is 5.82 Å². The molecule has 2 N–H and O–H groups in total. The lowest BCUT2D eigenvalue weighted by Gasteiger charge is -2.14. The van der Waals surface area contributed by atoms with Crippen molar-refractivity contribution in [3.05, 3.63) is 58.9 Å². The molecule has 2 amide bonds. The van der Waals surface area contributed by atoms with Crippen LogP contribution in [0.3, 0.4) is 0 Å². The molecule has 0 aliphatic heterocycles. The number of nitrogens with one attached hydrogen (secondary N) is 2. The molecule has 0 fully saturated rings. The Morgan fingerprint density at radius 1 is 1.00 bits per heavy atom. The molecule has 0 saturated heterocycles. The van der Waals surface area contributed by atoms with Crippen molar-refractivity contribution in [2.45, 2.75) is 6.18 Å². The van der Waals surface area contributed by atoms with Crippen LogP contribution < -0.4 is 10.6 Å². The van der Waals surface area contributed by atoms with Crippen molar-refractivity contribution in [3.63, 3.8) is 0 Å². The molecule has 0 aromatic heterocycles. The smallest absolute Gasteiger partial charge is 0.307 e. The van der Waals surface area contributed by atoms with Crippen LogP contribution in [0.5, 0.6) is 0 Å². The number of urea groups is 1. The molecule has 0 radical (unpaired) electrons. The van der Waals surface area contributed by atoms with Gasteiger partial charge in [-0.2, -0.15) is 13.2 Å². The van der Waals surface area contributed by atoms with Crippen LogP contribution in [0.2, 0.25) is 5.02 Å². The van der Waals surface area contributed by atoms with E-state index in [0.717, 1.165) is 18.2 Å². The summed E-state index contributed by atoms with van der Waals surface area (Å²) in [5.41, 5.74) is -1.77. The molecule has 0 saturated carbocycles. The van der Waals surface area contributed by atoms with Gasteiger partial charge in [-0.25, -0.2) is 9.18 Å². The number of rotatable bonds is 2. The van der Waals surface area contributed by atoms with Gasteiger partial charge in [-0.1, -0.05) is 29.8 Å². The number of halogens is 5. The molecule has 0 spiro atoms. The minimum Gasteiger partial charge on any atom is -0.307 e. The summed E-state index contributed by atoms with van der Waals surface area (Å²) in [5, 5.41) is 4.04. The zero-order valence-electron chi connectivity index (χ0n) is 10.8. The lowest BCUT2D eigenvalue weighted by atomic mass is 10.1. The average molecular weight is 333 g/mol. The minimum absolute atomic E-state index is 0.0701. The summed E-state index contributed by atoms with van der Waals surface area (Å²) in [6.45, 7) is 0. The Morgan fingerprint density at radius 2 is 1.68 bits per heavy atom. The molecule has 22 heavy (non-hydrogen) atoms. The molecule has 116 valence electrons. The molecule has 0 heterocycles. The van der Waals surface area contributed by atoms with Gasteiger partial charge < -0.3 is 10.6 Å². The third-order valence-electron chi connectivity index (χ3n) is 2.68. The molecule has 0 atom stereocenters. The standard InChI is InChI=1S/C14H9ClF4N2O/c15-9-5-3-6-10(16)12(9)21-13(22)20-11-7-2-1-4-8(11)14(17,18)19/h1-7H,(H2,20,21,22). The van der Waals surface area contributed by atoms with Crippen LogP contribution >= 0.6 is 11.6 Å². The van der Waals surface area contributed by atoms with Gasteiger partial charge in [0.2, 0.25) is 0 Å². The fourth-order valence-corrected chi connectivity index (χ4v) is 1.93. The number of carbonyl (C=O) groups excluding carboxylic acids is 1. The van der Waals surface area contributed by atoms with Crippen molar-refractivity contribution >= 4 is 29.0 Å². The zero-order valence-corrected chi connectivity index (χ0v) is 11.6. The fourth-order valence-electron chi connectivity index (χ4n) is 1.72. The van der Waals surface area contributed by atoms with Gasteiger partial charge in [0.05, 0.1) is 22.0 Å². The van der Waals surface area contributed by atoms with Crippen molar-refractivity contribution in [2.75, 3.05) is 10.6 Å². The molecule has 0 unspecified atom stereocenters. The van der Waals surface area contributed by atoms with Crippen LogP contribution in [0.4, 0.5) is 33.7 Å². The number of benzene rings is 2. The van der Waals surface area contributed by atoms with Gasteiger partial charge in [-0.3, -0.25) is 0 Å². The van der Waals surface area contributed by atoms with Crippen molar-refractivity contribution in [3.8, 4) is 0 Å². The number of carbonyl (C=O) groups is 1. The molecule has 3 nitrogen and oxygen atoms in total. The van der Waals surface area contributed by atoms with E-state index in [2.05, 4.69) is 5.32 Å². The first-order valence-electron chi connectivity index (χ1n) is 5.97. The van der Waals surface area contributed by atoms with E-state index in [1.807, 2.05) is 5.32 Å². The van der Waals surface area contributed by atoms with E-state index in [4.69, 9.17) is 11.6 Å². The Bertz CT molecular complexity index is 683. The van der Waals surface area contributed by atoms with E-state index < -0.39 is 29.3 Å². The molecular formula is C14H9ClF4N2O. The van der Waals surface area contributed by atoms with E-state index in [1.54, 1.807) is 0 Å². The summed E-state index contributed by atoms with van der Waals surface area (Å²) in [7, 11) is 0. The lowest BCUT2D eigenvalue weighted by Crippen LogP contribution is -2.22. The first kappa shape index (κ1) is 16.1. The molecular weight excluding hydrogens is 324 g/mol. The van der Waals surface area contributed by atoms with Crippen LogP contribution in [0.15, 0.2) is 42.5 Å². The SMILES string of the molecule is O=C(Nc1ccccc1C(F)(F)F)Nc1c(F)cccc1Cl. The van der Waals surface area contributed by atoms with Crippen molar-refractivity contribution in [1.29, 1.82) is 0 Å². The van der Waals surface area contributed by atoms with Crippen molar-refractivity contribution in [2.24, 2.45) is 0 Å². The van der Waals surface area contributed by atoms with Crippen LogP contribution in [0.25, 0.3) is 0 Å². The van der Waals surface area contributed by atoms with Crippen molar-refractivity contribution in [1.82, 2.24) is 0 Å². The van der Waals surface area contributed by atoms with Gasteiger partial charge in [0.1, 0.15) is 5.82 Å². The monoisotopic (exact) mass is 332 g/mol. The highest BCUT2D eigenvalue weighted by molar-refractivity contribution is 6.33. The molecule has 2 rings (SSSR count). The second-order valence-electron chi connectivity index (χ2n) is 4.22. The number of hydrogen-bond acceptors (Lipinski definition) is 1. The van der Waals surface area contributed by atoms with E-state index in [0.29, 0.717) is 0 Å². The van der Waals surface area contributed by atoms with Gasteiger partial charge in [0.25, 0.3) is 0 Å².